The summed E-state index contributed by atoms with van der Waals surface area (Å²) in [6.07, 6.45) is 5.69. The Morgan fingerprint density at radius 3 is 1.88 bits per heavy atom. The predicted molar refractivity (Wildman–Crippen MR) is 145 cm³/mol. The van der Waals surface area contributed by atoms with E-state index in [1.807, 2.05) is 0 Å². The molecule has 6 rings (SSSR count). The van der Waals surface area contributed by atoms with Gasteiger partial charge in [0.2, 0.25) is 0 Å². The monoisotopic (exact) mass is 439 g/mol. The summed E-state index contributed by atoms with van der Waals surface area (Å²) in [7, 11) is 0. The Bertz CT molecular complexity index is 1390. The molecule has 0 amide bonds. The highest BCUT2D eigenvalue weighted by atomic mass is 14.9. The van der Waals surface area contributed by atoms with Gasteiger partial charge in [0, 0.05) is 17.1 Å². The number of anilines is 1. The van der Waals surface area contributed by atoms with Crippen molar-refractivity contribution in [3.05, 3.63) is 132 Å². The Morgan fingerprint density at radius 1 is 0.647 bits per heavy atom. The molecule has 0 spiro atoms. The molecule has 0 bridgehead atoms. The number of fused-ring (bicyclic) bond motifs is 2. The third-order valence-corrected chi connectivity index (χ3v) is 7.45. The zero-order valence-corrected chi connectivity index (χ0v) is 19.8. The van der Waals surface area contributed by atoms with Gasteiger partial charge < -0.3 is 5.32 Å². The Kier molecular flexibility index (Phi) is 4.99. The van der Waals surface area contributed by atoms with Gasteiger partial charge in [0.25, 0.3) is 0 Å². The highest BCUT2D eigenvalue weighted by Crippen LogP contribution is 2.50. The molecule has 0 saturated carbocycles. The van der Waals surface area contributed by atoms with Gasteiger partial charge in [-0.05, 0) is 63.1 Å². The number of benzene rings is 4. The predicted octanol–water partition coefficient (Wildman–Crippen LogP) is 8.51. The zero-order valence-electron chi connectivity index (χ0n) is 19.8. The Labute approximate surface area is 202 Å². The maximum Gasteiger partial charge on any atom is 0.0485 e. The average molecular weight is 440 g/mol. The molecule has 1 unspecified atom stereocenters. The van der Waals surface area contributed by atoms with Gasteiger partial charge in [-0.15, -0.1) is 0 Å². The molecule has 0 heterocycles. The molecule has 1 nitrogen and oxygen atoms in total. The van der Waals surface area contributed by atoms with E-state index in [9.17, 15) is 0 Å². The van der Waals surface area contributed by atoms with Crippen LogP contribution in [0, 0.1) is 0 Å². The van der Waals surface area contributed by atoms with Crippen LogP contribution in [-0.4, -0.2) is 6.04 Å². The Hall–Kier alpha value is -3.84. The van der Waals surface area contributed by atoms with Crippen LogP contribution in [0.4, 0.5) is 5.69 Å². The molecule has 0 aliphatic heterocycles. The fourth-order valence-corrected chi connectivity index (χ4v) is 5.54. The van der Waals surface area contributed by atoms with Crippen molar-refractivity contribution in [2.45, 2.75) is 31.7 Å². The molecule has 2 aliphatic carbocycles. The first-order valence-electron chi connectivity index (χ1n) is 12.1. The average Bonchev–Trinajstić information content (AvgIpc) is 3.12. The van der Waals surface area contributed by atoms with Crippen LogP contribution < -0.4 is 5.32 Å². The van der Waals surface area contributed by atoms with Gasteiger partial charge in [-0.2, -0.15) is 0 Å². The lowest BCUT2D eigenvalue weighted by atomic mass is 9.77. The van der Waals surface area contributed by atoms with E-state index in [1.54, 1.807) is 5.57 Å². The van der Waals surface area contributed by atoms with Crippen LogP contribution in [-0.2, 0) is 5.41 Å². The van der Waals surface area contributed by atoms with E-state index in [0.29, 0.717) is 6.04 Å². The maximum atomic E-state index is 3.75. The summed E-state index contributed by atoms with van der Waals surface area (Å²) >= 11 is 0. The molecular weight excluding hydrogens is 410 g/mol. The van der Waals surface area contributed by atoms with Gasteiger partial charge in [0.15, 0.2) is 0 Å². The second-order valence-electron chi connectivity index (χ2n) is 9.90. The number of hydrogen-bond donors (Lipinski definition) is 1. The third-order valence-electron chi connectivity index (χ3n) is 7.45. The van der Waals surface area contributed by atoms with Crippen molar-refractivity contribution < 1.29 is 0 Å². The molecule has 34 heavy (non-hydrogen) atoms. The summed E-state index contributed by atoms with van der Waals surface area (Å²) in [6.45, 7) is 4.73. The Morgan fingerprint density at radius 2 is 1.21 bits per heavy atom. The van der Waals surface area contributed by atoms with Crippen LogP contribution in [0.5, 0.6) is 0 Å². The zero-order chi connectivity index (χ0) is 23.1. The van der Waals surface area contributed by atoms with Crippen molar-refractivity contribution in [3.63, 3.8) is 0 Å². The molecule has 0 aromatic heterocycles. The summed E-state index contributed by atoms with van der Waals surface area (Å²) in [6, 6.07) is 37.4. The standard InChI is InChI=1S/C33H29N/c1-33(2)31-11-7-6-10-29(31)30-21-20-28(22-32(30)33)34-27-18-16-26(17-19-27)25-14-12-24(13-15-25)23-8-4-3-5-9-23/h3-21,28,34H,22H2,1-2H3. The number of nitrogens with one attached hydrogen (secondary N) is 1. The van der Waals surface area contributed by atoms with Crippen molar-refractivity contribution in [1.29, 1.82) is 0 Å². The second kappa shape index (κ2) is 8.18. The minimum absolute atomic E-state index is 0.0897. The quantitative estimate of drug-likeness (QED) is 0.336. The van der Waals surface area contributed by atoms with Crippen molar-refractivity contribution in [2.75, 3.05) is 5.32 Å². The first kappa shape index (κ1) is 20.7. The van der Waals surface area contributed by atoms with Gasteiger partial charge >= 0.3 is 0 Å². The number of allylic oxidation sites excluding steroid dienone is 2. The first-order valence-corrected chi connectivity index (χ1v) is 12.1. The molecule has 1 heteroatoms. The highest BCUT2D eigenvalue weighted by molar-refractivity contribution is 5.87. The highest BCUT2D eigenvalue weighted by Gasteiger charge is 2.38. The van der Waals surface area contributed by atoms with Crippen molar-refractivity contribution in [3.8, 4) is 22.3 Å². The van der Waals surface area contributed by atoms with E-state index in [2.05, 4.69) is 134 Å². The lowest BCUT2D eigenvalue weighted by molar-refractivity contribution is 0.596. The third kappa shape index (κ3) is 3.58. The van der Waals surface area contributed by atoms with Crippen LogP contribution in [0.1, 0.15) is 31.4 Å². The number of hydrogen-bond acceptors (Lipinski definition) is 1. The molecule has 1 atom stereocenters. The van der Waals surface area contributed by atoms with E-state index < -0.39 is 0 Å². The molecule has 0 radical (unpaired) electrons. The lowest BCUT2D eigenvalue weighted by Gasteiger charge is -2.29. The van der Waals surface area contributed by atoms with Crippen LogP contribution in [0.2, 0.25) is 0 Å². The molecule has 2 aliphatic rings. The van der Waals surface area contributed by atoms with E-state index in [1.165, 1.54) is 39.0 Å². The molecule has 4 aromatic carbocycles. The largest absolute Gasteiger partial charge is 0.379 e. The maximum absolute atomic E-state index is 3.75. The van der Waals surface area contributed by atoms with Crippen LogP contribution in [0.15, 0.2) is 121 Å². The van der Waals surface area contributed by atoms with Crippen molar-refractivity contribution >= 4 is 11.3 Å². The van der Waals surface area contributed by atoms with Gasteiger partial charge in [0.1, 0.15) is 0 Å². The molecule has 0 fully saturated rings. The fraction of sp³-hybridized carbons (Fsp3) is 0.152. The summed E-state index contributed by atoms with van der Waals surface area (Å²) in [5.74, 6) is 0. The topological polar surface area (TPSA) is 12.0 Å². The first-order chi connectivity index (χ1) is 16.6. The lowest BCUT2D eigenvalue weighted by Crippen LogP contribution is -2.26. The minimum atomic E-state index is 0.0897. The van der Waals surface area contributed by atoms with Crippen LogP contribution >= 0.6 is 0 Å². The van der Waals surface area contributed by atoms with Gasteiger partial charge in [-0.3, -0.25) is 0 Å². The fourth-order valence-electron chi connectivity index (χ4n) is 5.54. The van der Waals surface area contributed by atoms with Gasteiger partial charge in [-0.25, -0.2) is 0 Å². The summed E-state index contributed by atoms with van der Waals surface area (Å²) in [4.78, 5) is 0. The molecule has 4 aromatic rings. The smallest absolute Gasteiger partial charge is 0.0485 e. The second-order valence-corrected chi connectivity index (χ2v) is 9.90. The Balaban J connectivity index is 1.16. The normalized spacial score (nSPS) is 17.9. The van der Waals surface area contributed by atoms with Crippen molar-refractivity contribution in [1.82, 2.24) is 0 Å². The minimum Gasteiger partial charge on any atom is -0.379 e. The molecule has 0 saturated heterocycles. The van der Waals surface area contributed by atoms with Crippen LogP contribution in [0.25, 0.3) is 27.8 Å². The summed E-state index contributed by atoms with van der Waals surface area (Å²) in [5.41, 5.74) is 12.1. The van der Waals surface area contributed by atoms with E-state index in [4.69, 9.17) is 0 Å². The van der Waals surface area contributed by atoms with Gasteiger partial charge in [0.05, 0.1) is 0 Å². The van der Waals surface area contributed by atoms with E-state index in [-0.39, 0.29) is 5.41 Å². The van der Waals surface area contributed by atoms with Crippen molar-refractivity contribution in [2.24, 2.45) is 0 Å². The van der Waals surface area contributed by atoms with E-state index >= 15 is 0 Å². The summed E-state index contributed by atoms with van der Waals surface area (Å²) in [5, 5.41) is 3.75. The van der Waals surface area contributed by atoms with Crippen LogP contribution in [0.3, 0.4) is 0 Å². The summed E-state index contributed by atoms with van der Waals surface area (Å²) < 4.78 is 0. The molecule has 166 valence electrons. The number of rotatable bonds is 4. The molecule has 1 N–H and O–H groups in total. The molecular formula is C33H29N. The van der Waals surface area contributed by atoms with Gasteiger partial charge in [-0.1, -0.05) is 117 Å². The van der Waals surface area contributed by atoms with E-state index in [0.717, 1.165) is 12.1 Å². The SMILES string of the molecule is CC1(C)C2=C(C=CC(Nc3ccc(-c4ccc(-c5ccccc5)cc4)cc3)C2)c2ccccc21.